The van der Waals surface area contributed by atoms with Crippen LogP contribution in [0, 0.1) is 0 Å². The minimum Gasteiger partial charge on any atom is -0.464 e. The van der Waals surface area contributed by atoms with Crippen LogP contribution in [0.5, 0.6) is 0 Å². The van der Waals surface area contributed by atoms with Crippen molar-refractivity contribution in [2.24, 2.45) is 0 Å². The van der Waals surface area contributed by atoms with E-state index >= 15 is 0 Å². The minimum absolute atomic E-state index is 0.699. The summed E-state index contributed by atoms with van der Waals surface area (Å²) in [6.07, 6.45) is 0. The van der Waals surface area contributed by atoms with Crippen molar-refractivity contribution in [3.8, 4) is 0 Å². The third-order valence-corrected chi connectivity index (χ3v) is 2.16. The van der Waals surface area contributed by atoms with E-state index in [1.54, 1.807) is 0 Å². The summed E-state index contributed by atoms with van der Waals surface area (Å²) in [6, 6.07) is 0. The molecule has 0 aromatic rings. The zero-order valence-corrected chi connectivity index (χ0v) is 8.58. The number of carbonyl (C=O) groups is 2. The fraction of sp³-hybridized carbons (Fsp3) is 0.667. The van der Waals surface area contributed by atoms with Crippen molar-refractivity contribution in [1.82, 2.24) is 0 Å². The van der Waals surface area contributed by atoms with Crippen LogP contribution in [0.25, 0.3) is 0 Å². The lowest BCUT2D eigenvalue weighted by molar-refractivity contribution is -0.147. The van der Waals surface area contributed by atoms with Gasteiger partial charge in [-0.3, -0.25) is 0 Å². The first-order chi connectivity index (χ1) is 6.17. The van der Waals surface area contributed by atoms with Gasteiger partial charge < -0.3 is 14.3 Å². The summed E-state index contributed by atoms with van der Waals surface area (Å²) in [6.45, 7) is 2.00. The molecule has 0 aliphatic rings. The van der Waals surface area contributed by atoms with Crippen LogP contribution in [0.1, 0.15) is 0 Å². The van der Waals surface area contributed by atoms with E-state index in [0.717, 1.165) is 0 Å². The third kappa shape index (κ3) is 5.41. The summed E-state index contributed by atoms with van der Waals surface area (Å²) < 4.78 is 24.1. The molecule has 2 atom stereocenters. The fourth-order valence-electron chi connectivity index (χ4n) is 0.465. The Bertz CT molecular complexity index is 155. The molecular weight excluding hydrogens is 199 g/mol. The second-order valence-electron chi connectivity index (χ2n) is 1.58. The van der Waals surface area contributed by atoms with Gasteiger partial charge in [0.05, 0.1) is 14.2 Å². The predicted octanol–water partition coefficient (Wildman–Crippen LogP) is 0.336. The Kier molecular flexibility index (Phi) is 10.4. The highest BCUT2D eigenvalue weighted by Crippen LogP contribution is 2.29. The molecule has 0 aromatic heterocycles. The van der Waals surface area contributed by atoms with E-state index in [1.807, 2.05) is 6.79 Å². The van der Waals surface area contributed by atoms with E-state index in [-0.39, 0.29) is 0 Å². The Morgan fingerprint density at radius 2 is 1.77 bits per heavy atom. The van der Waals surface area contributed by atoms with Crippen LogP contribution < -0.4 is 0 Å². The molecule has 0 amide bonds. The van der Waals surface area contributed by atoms with E-state index in [2.05, 4.69) is 14.0 Å². The van der Waals surface area contributed by atoms with E-state index in [4.69, 9.17) is 4.79 Å². The van der Waals surface area contributed by atoms with Crippen LogP contribution in [0.15, 0.2) is 0 Å². The summed E-state index contributed by atoms with van der Waals surface area (Å²) in [5.41, 5.74) is 0. The zero-order chi connectivity index (χ0) is 10.9. The van der Waals surface area contributed by atoms with Crippen LogP contribution in [-0.2, 0) is 28.2 Å². The van der Waals surface area contributed by atoms with Gasteiger partial charge in [-0.15, -0.1) is 4.52 Å². The molecule has 13 heavy (non-hydrogen) atoms. The molecule has 0 saturated heterocycles. The van der Waals surface area contributed by atoms with Gasteiger partial charge in [0.1, 0.15) is 6.79 Å². The molecule has 0 radical (unpaired) electrons. The average molecular weight is 211 g/mol. The third-order valence-electron chi connectivity index (χ3n) is 0.997. The van der Waals surface area contributed by atoms with Gasteiger partial charge in [-0.05, 0) is 4.57 Å². The average Bonchev–Trinajstić information content (AvgIpc) is 2.21. The lowest BCUT2D eigenvalue weighted by Crippen LogP contribution is -2.20. The minimum atomic E-state index is -2.13. The number of hydrogen-bond donors (Lipinski definition) is 0. The SMILES string of the molecule is C=O.COC(=O)C(OC)[P+](=O)OC. The maximum absolute atomic E-state index is 10.8. The molecule has 76 valence electrons. The molecule has 2 unspecified atom stereocenters. The molecule has 0 fully saturated rings. The molecule has 0 N–H and O–H groups in total. The van der Waals surface area contributed by atoms with E-state index in [0.29, 0.717) is 0 Å². The van der Waals surface area contributed by atoms with Crippen molar-refractivity contribution in [2.75, 3.05) is 21.3 Å². The van der Waals surface area contributed by atoms with E-state index in [1.165, 1.54) is 21.3 Å². The van der Waals surface area contributed by atoms with Crippen molar-refractivity contribution >= 4 is 20.8 Å². The molecule has 0 aliphatic carbocycles. The molecule has 0 aromatic carbocycles. The molecule has 0 bridgehead atoms. The summed E-state index contributed by atoms with van der Waals surface area (Å²) >= 11 is 0. The normalized spacial score (nSPS) is 12.1. The smallest absolute Gasteiger partial charge is 0.464 e. The van der Waals surface area contributed by atoms with Crippen LogP contribution >= 0.6 is 8.03 Å². The molecule has 0 rings (SSSR count). The number of ether oxygens (including phenoxy) is 2. The molecule has 7 heteroatoms. The van der Waals surface area contributed by atoms with Crippen LogP contribution in [0.4, 0.5) is 0 Å². The van der Waals surface area contributed by atoms with Gasteiger partial charge in [-0.25, -0.2) is 4.79 Å². The molecule has 0 aliphatic heterocycles. The first-order valence-corrected chi connectivity index (χ1v) is 4.32. The van der Waals surface area contributed by atoms with Gasteiger partial charge in [0.15, 0.2) is 0 Å². The quantitative estimate of drug-likeness (QED) is 0.492. The highest BCUT2D eigenvalue weighted by atomic mass is 31.1. The highest BCUT2D eigenvalue weighted by Gasteiger charge is 2.40. The van der Waals surface area contributed by atoms with Crippen molar-refractivity contribution in [2.45, 2.75) is 5.85 Å². The second kappa shape index (κ2) is 9.25. The van der Waals surface area contributed by atoms with Gasteiger partial charge in [0, 0.05) is 7.11 Å². The lowest BCUT2D eigenvalue weighted by atomic mass is 10.7. The Labute approximate surface area is 77.0 Å². The van der Waals surface area contributed by atoms with Crippen molar-refractivity contribution in [3.63, 3.8) is 0 Å². The number of carbonyl (C=O) groups excluding carboxylic acids is 2. The van der Waals surface area contributed by atoms with Gasteiger partial charge in [-0.1, -0.05) is 0 Å². The standard InChI is InChI=1S/C5H10O5P.CH2O/c1-8-4(6)5(9-2)11(7)10-3;1-2/h5H,1-3H3;1H2/q+1;. The van der Waals surface area contributed by atoms with E-state index in [9.17, 15) is 9.36 Å². The predicted molar refractivity (Wildman–Crippen MR) is 44.5 cm³/mol. The maximum Gasteiger partial charge on any atom is 0.552 e. The lowest BCUT2D eigenvalue weighted by Gasteiger charge is -1.99. The van der Waals surface area contributed by atoms with Gasteiger partial charge >= 0.3 is 19.8 Å². The van der Waals surface area contributed by atoms with Crippen molar-refractivity contribution in [1.29, 1.82) is 0 Å². The Hall–Kier alpha value is -0.840. The monoisotopic (exact) mass is 211 g/mol. The summed E-state index contributed by atoms with van der Waals surface area (Å²) in [4.78, 5) is 18.7. The van der Waals surface area contributed by atoms with Gasteiger partial charge in [-0.2, -0.15) is 0 Å². The van der Waals surface area contributed by atoms with Crippen LogP contribution in [-0.4, -0.2) is 39.9 Å². The highest BCUT2D eigenvalue weighted by molar-refractivity contribution is 7.41. The molecule has 0 spiro atoms. The molecule has 0 heterocycles. The topological polar surface area (TPSA) is 78.9 Å². The fourth-order valence-corrected chi connectivity index (χ4v) is 1.11. The van der Waals surface area contributed by atoms with Crippen LogP contribution in [0.3, 0.4) is 0 Å². The molecular formula is C6H12O6P+. The summed E-state index contributed by atoms with van der Waals surface area (Å²) in [7, 11) is 1.54. The first kappa shape index (κ1) is 14.7. The van der Waals surface area contributed by atoms with Crippen LogP contribution in [0.2, 0.25) is 0 Å². The Morgan fingerprint density at radius 3 is 2.00 bits per heavy atom. The number of esters is 1. The summed E-state index contributed by atoms with van der Waals surface area (Å²) in [5.74, 6) is -1.82. The maximum atomic E-state index is 10.8. The van der Waals surface area contributed by atoms with Gasteiger partial charge in [0.25, 0.3) is 0 Å². The van der Waals surface area contributed by atoms with Gasteiger partial charge in [0.2, 0.25) is 0 Å². The molecule has 0 saturated carbocycles. The van der Waals surface area contributed by atoms with Crippen molar-refractivity contribution in [3.05, 3.63) is 0 Å². The van der Waals surface area contributed by atoms with E-state index < -0.39 is 19.8 Å². The summed E-state index contributed by atoms with van der Waals surface area (Å²) in [5, 5.41) is 0. The Morgan fingerprint density at radius 1 is 1.31 bits per heavy atom. The second-order valence-corrected chi connectivity index (χ2v) is 2.98. The number of rotatable bonds is 4. The number of methoxy groups -OCH3 is 2. The first-order valence-electron chi connectivity index (χ1n) is 3.07. The number of hydrogen-bond acceptors (Lipinski definition) is 6. The van der Waals surface area contributed by atoms with Crippen molar-refractivity contribution < 1.29 is 28.2 Å². The zero-order valence-electron chi connectivity index (χ0n) is 7.68. The molecule has 6 nitrogen and oxygen atoms in total. The Balaban J connectivity index is 0. The largest absolute Gasteiger partial charge is 0.552 e.